The minimum Gasteiger partial charge on any atom is -0.457 e. The zero-order valence-corrected chi connectivity index (χ0v) is 11.4. The highest BCUT2D eigenvalue weighted by molar-refractivity contribution is 5.75. The lowest BCUT2D eigenvalue weighted by molar-refractivity contribution is -0.143. The Kier molecular flexibility index (Phi) is 2.60. The third kappa shape index (κ3) is 1.43. The van der Waals surface area contributed by atoms with Crippen LogP contribution in [0.15, 0.2) is 11.1 Å². The molecule has 1 aliphatic heterocycles. The van der Waals surface area contributed by atoms with Gasteiger partial charge in [0, 0.05) is 11.3 Å². The van der Waals surface area contributed by atoms with Gasteiger partial charge in [-0.25, -0.2) is 0 Å². The van der Waals surface area contributed by atoms with Gasteiger partial charge in [-0.3, -0.25) is 4.79 Å². The molecule has 0 unspecified atom stereocenters. The van der Waals surface area contributed by atoms with Crippen molar-refractivity contribution in [3.63, 3.8) is 0 Å². The summed E-state index contributed by atoms with van der Waals surface area (Å²) in [6, 6.07) is 0. The van der Waals surface area contributed by atoms with Gasteiger partial charge in [-0.2, -0.15) is 0 Å². The molecule has 0 bridgehead atoms. The van der Waals surface area contributed by atoms with E-state index in [0.29, 0.717) is 5.92 Å². The summed E-state index contributed by atoms with van der Waals surface area (Å²) in [7, 11) is 0. The quantitative estimate of drug-likeness (QED) is 0.530. The molecule has 0 aromatic heterocycles. The van der Waals surface area contributed by atoms with Crippen LogP contribution in [0.5, 0.6) is 0 Å². The number of allylic oxidation sites excluding steroid dienone is 1. The van der Waals surface area contributed by atoms with Crippen LogP contribution in [0.1, 0.15) is 46.5 Å². The maximum absolute atomic E-state index is 11.8. The number of ether oxygens (including phenoxy) is 1. The number of rotatable bonds is 0. The third-order valence-corrected chi connectivity index (χ3v) is 5.53. The highest BCUT2D eigenvalue weighted by Crippen LogP contribution is 2.55. The van der Waals surface area contributed by atoms with Gasteiger partial charge in [0.05, 0.1) is 12.0 Å². The monoisotopic (exact) mass is 250 g/mol. The molecule has 0 spiro atoms. The fourth-order valence-electron chi connectivity index (χ4n) is 4.24. The van der Waals surface area contributed by atoms with E-state index in [9.17, 15) is 9.90 Å². The molecule has 5 atom stereocenters. The zero-order chi connectivity index (χ0) is 13.1. The summed E-state index contributed by atoms with van der Waals surface area (Å²) in [4.78, 5) is 11.8. The first kappa shape index (κ1) is 12.2. The van der Waals surface area contributed by atoms with E-state index in [1.807, 2.05) is 6.92 Å². The maximum Gasteiger partial charge on any atom is 0.309 e. The zero-order valence-electron chi connectivity index (χ0n) is 11.4. The van der Waals surface area contributed by atoms with Crippen LogP contribution in [-0.2, 0) is 9.53 Å². The summed E-state index contributed by atoms with van der Waals surface area (Å²) in [5.41, 5.74) is 2.39. The molecule has 1 saturated heterocycles. The van der Waals surface area contributed by atoms with E-state index in [1.54, 1.807) is 0 Å². The van der Waals surface area contributed by atoms with Crippen molar-refractivity contribution in [1.29, 1.82) is 0 Å². The Bertz CT molecular complexity index is 425. The van der Waals surface area contributed by atoms with E-state index in [0.717, 1.165) is 25.7 Å². The number of carbonyl (C=O) groups excluding carboxylic acids is 1. The summed E-state index contributed by atoms with van der Waals surface area (Å²) in [6.45, 7) is 6.26. The lowest BCUT2D eigenvalue weighted by Gasteiger charge is -2.48. The summed E-state index contributed by atoms with van der Waals surface area (Å²) >= 11 is 0. The normalized spacial score (nSPS) is 47.7. The highest BCUT2D eigenvalue weighted by Gasteiger charge is 2.55. The molecule has 0 aromatic rings. The fraction of sp³-hybridized carbons (Fsp3) is 0.800. The van der Waals surface area contributed by atoms with Crippen molar-refractivity contribution in [2.24, 2.45) is 17.3 Å². The Morgan fingerprint density at radius 2 is 2.11 bits per heavy atom. The predicted molar refractivity (Wildman–Crippen MR) is 67.8 cm³/mol. The van der Waals surface area contributed by atoms with Gasteiger partial charge in [0.15, 0.2) is 0 Å². The molecule has 2 fully saturated rings. The fourth-order valence-corrected chi connectivity index (χ4v) is 4.24. The van der Waals surface area contributed by atoms with E-state index in [2.05, 4.69) is 13.8 Å². The number of hydrogen-bond acceptors (Lipinski definition) is 3. The number of hydrogen-bond donors (Lipinski definition) is 1. The lowest BCUT2D eigenvalue weighted by atomic mass is 9.58. The molecule has 3 aliphatic rings. The van der Waals surface area contributed by atoms with Crippen LogP contribution in [0, 0.1) is 17.3 Å². The van der Waals surface area contributed by atoms with Crippen LogP contribution in [-0.4, -0.2) is 23.3 Å². The molecule has 1 N–H and O–H groups in total. The van der Waals surface area contributed by atoms with Crippen molar-refractivity contribution < 1.29 is 14.6 Å². The first-order chi connectivity index (χ1) is 8.45. The first-order valence-electron chi connectivity index (χ1n) is 7.04. The van der Waals surface area contributed by atoms with E-state index in [1.165, 1.54) is 11.1 Å². The molecule has 18 heavy (non-hydrogen) atoms. The molecule has 3 rings (SSSR count). The molecular formula is C15H22O3. The molecule has 100 valence electrons. The van der Waals surface area contributed by atoms with Crippen molar-refractivity contribution >= 4 is 5.97 Å². The molecule has 3 heteroatoms. The predicted octanol–water partition coefficient (Wildman–Crippen LogP) is 2.44. The second kappa shape index (κ2) is 3.83. The molecule has 1 heterocycles. The number of carbonyl (C=O) groups is 1. The Morgan fingerprint density at radius 1 is 1.39 bits per heavy atom. The largest absolute Gasteiger partial charge is 0.457 e. The number of esters is 1. The summed E-state index contributed by atoms with van der Waals surface area (Å²) < 4.78 is 5.62. The van der Waals surface area contributed by atoms with Crippen molar-refractivity contribution in [1.82, 2.24) is 0 Å². The van der Waals surface area contributed by atoms with E-state index < -0.39 is 0 Å². The number of aliphatic hydroxyl groups excluding tert-OH is 1. The van der Waals surface area contributed by atoms with Crippen molar-refractivity contribution in [2.45, 2.75) is 58.7 Å². The molecule has 0 amide bonds. The molecule has 2 aliphatic carbocycles. The summed E-state index contributed by atoms with van der Waals surface area (Å²) in [5.74, 6) is 0.273. The Balaban J connectivity index is 2.05. The summed E-state index contributed by atoms with van der Waals surface area (Å²) in [5, 5.41) is 10.4. The SMILES string of the molecule is CC1=C2[C@H]3OC(=O)[C@@H](C)[C@H]3CC[C@@]2(C)[C@@H](O)CC1. The van der Waals surface area contributed by atoms with Gasteiger partial charge in [0.2, 0.25) is 0 Å². The van der Waals surface area contributed by atoms with Crippen LogP contribution in [0.3, 0.4) is 0 Å². The standard InChI is InChI=1S/C15H22O3/c1-8-4-5-11(16)15(3)7-6-10-9(2)14(17)18-13(10)12(8)15/h9-11,13,16H,4-7H2,1-3H3/t9-,10+,11-,13-,15-/m0/s1. The Hall–Kier alpha value is -0.830. The van der Waals surface area contributed by atoms with E-state index in [-0.39, 0.29) is 29.5 Å². The average Bonchev–Trinajstić information content (AvgIpc) is 2.60. The van der Waals surface area contributed by atoms with Crippen molar-refractivity contribution in [3.8, 4) is 0 Å². The van der Waals surface area contributed by atoms with Crippen molar-refractivity contribution in [2.75, 3.05) is 0 Å². The molecule has 1 saturated carbocycles. The lowest BCUT2D eigenvalue weighted by Crippen LogP contribution is -2.47. The van der Waals surface area contributed by atoms with Gasteiger partial charge in [0.25, 0.3) is 0 Å². The van der Waals surface area contributed by atoms with Crippen LogP contribution in [0.2, 0.25) is 0 Å². The van der Waals surface area contributed by atoms with Gasteiger partial charge in [-0.15, -0.1) is 0 Å². The van der Waals surface area contributed by atoms with Gasteiger partial charge in [-0.05, 0) is 38.2 Å². The maximum atomic E-state index is 11.8. The van der Waals surface area contributed by atoms with Gasteiger partial charge >= 0.3 is 5.97 Å². The summed E-state index contributed by atoms with van der Waals surface area (Å²) in [6.07, 6.45) is 3.38. The Labute approximate surface area is 108 Å². The van der Waals surface area contributed by atoms with Crippen LogP contribution >= 0.6 is 0 Å². The van der Waals surface area contributed by atoms with Gasteiger partial charge < -0.3 is 9.84 Å². The third-order valence-electron chi connectivity index (χ3n) is 5.53. The first-order valence-corrected chi connectivity index (χ1v) is 7.04. The van der Waals surface area contributed by atoms with Crippen LogP contribution in [0.4, 0.5) is 0 Å². The van der Waals surface area contributed by atoms with E-state index >= 15 is 0 Å². The second-order valence-corrected chi connectivity index (χ2v) is 6.51. The van der Waals surface area contributed by atoms with Gasteiger partial charge in [-0.1, -0.05) is 19.4 Å². The minimum absolute atomic E-state index is 0.0129. The smallest absolute Gasteiger partial charge is 0.309 e. The van der Waals surface area contributed by atoms with E-state index in [4.69, 9.17) is 4.74 Å². The van der Waals surface area contributed by atoms with Crippen LogP contribution < -0.4 is 0 Å². The highest BCUT2D eigenvalue weighted by atomic mass is 16.6. The minimum atomic E-state index is -0.285. The molecule has 3 nitrogen and oxygen atoms in total. The second-order valence-electron chi connectivity index (χ2n) is 6.51. The molecular weight excluding hydrogens is 228 g/mol. The molecule has 0 aromatic carbocycles. The molecule has 0 radical (unpaired) electrons. The van der Waals surface area contributed by atoms with Crippen LogP contribution in [0.25, 0.3) is 0 Å². The Morgan fingerprint density at radius 3 is 2.83 bits per heavy atom. The number of aliphatic hydroxyl groups is 1. The number of fused-ring (bicyclic) bond motifs is 3. The topological polar surface area (TPSA) is 46.5 Å². The van der Waals surface area contributed by atoms with Crippen molar-refractivity contribution in [3.05, 3.63) is 11.1 Å². The average molecular weight is 250 g/mol. The van der Waals surface area contributed by atoms with Gasteiger partial charge in [0.1, 0.15) is 6.10 Å².